The molecule has 0 atom stereocenters. The van der Waals surface area contributed by atoms with Crippen molar-refractivity contribution >= 4 is 35.0 Å². The average molecular weight is 300 g/mol. The lowest BCUT2D eigenvalue weighted by Crippen LogP contribution is -2.05. The van der Waals surface area contributed by atoms with E-state index in [2.05, 4.69) is 4.99 Å². The summed E-state index contributed by atoms with van der Waals surface area (Å²) in [6.07, 6.45) is 1.64. The molecule has 21 heavy (non-hydrogen) atoms. The number of ether oxygens (including phenoxy) is 1. The molecule has 3 rings (SSSR count). The van der Waals surface area contributed by atoms with Gasteiger partial charge in [-0.25, -0.2) is 9.79 Å². The molecule has 2 heterocycles. The van der Waals surface area contributed by atoms with E-state index in [1.165, 1.54) is 35.6 Å². The highest BCUT2D eigenvalue weighted by molar-refractivity contribution is 7.10. The lowest BCUT2D eigenvalue weighted by Gasteiger charge is -1.98. The van der Waals surface area contributed by atoms with Crippen molar-refractivity contribution in [2.45, 2.75) is 0 Å². The smallest absolute Gasteiger partial charge is 0.363 e. The molecule has 0 unspecified atom stereocenters. The maximum absolute atomic E-state index is 11.8. The van der Waals surface area contributed by atoms with Crippen molar-refractivity contribution in [3.63, 3.8) is 0 Å². The van der Waals surface area contributed by atoms with Crippen LogP contribution in [0.15, 0.2) is 52.5 Å². The number of cyclic esters (lactones) is 1. The summed E-state index contributed by atoms with van der Waals surface area (Å²) in [5, 5.41) is 12.5. The molecule has 0 N–H and O–H groups in total. The van der Waals surface area contributed by atoms with Gasteiger partial charge in [-0.05, 0) is 29.7 Å². The lowest BCUT2D eigenvalue weighted by atomic mass is 10.2. The van der Waals surface area contributed by atoms with E-state index in [-0.39, 0.29) is 17.3 Å². The van der Waals surface area contributed by atoms with Gasteiger partial charge in [-0.15, -0.1) is 11.3 Å². The van der Waals surface area contributed by atoms with Gasteiger partial charge < -0.3 is 4.74 Å². The molecule has 1 aliphatic heterocycles. The maximum atomic E-state index is 11.8. The Labute approximate surface area is 123 Å². The summed E-state index contributed by atoms with van der Waals surface area (Å²) >= 11 is 1.49. The number of carbonyl (C=O) groups is 1. The summed E-state index contributed by atoms with van der Waals surface area (Å²) in [4.78, 5) is 26.9. The minimum atomic E-state index is -0.531. The number of nitro groups is 1. The zero-order valence-corrected chi connectivity index (χ0v) is 11.4. The third-order valence-electron chi connectivity index (χ3n) is 2.77. The highest BCUT2D eigenvalue weighted by Crippen LogP contribution is 2.22. The van der Waals surface area contributed by atoms with Crippen LogP contribution >= 0.6 is 11.3 Å². The van der Waals surface area contributed by atoms with E-state index in [4.69, 9.17) is 4.74 Å². The predicted molar refractivity (Wildman–Crippen MR) is 78.0 cm³/mol. The molecular weight excluding hydrogens is 292 g/mol. The molecule has 7 heteroatoms. The van der Waals surface area contributed by atoms with Gasteiger partial charge in [0.1, 0.15) is 0 Å². The molecule has 0 saturated heterocycles. The number of esters is 1. The van der Waals surface area contributed by atoms with Gasteiger partial charge in [-0.3, -0.25) is 10.1 Å². The number of hydrogen-bond donors (Lipinski definition) is 0. The molecule has 0 spiro atoms. The number of nitrogens with zero attached hydrogens (tertiary/aromatic N) is 2. The Morgan fingerprint density at radius 1 is 1.24 bits per heavy atom. The van der Waals surface area contributed by atoms with E-state index in [0.717, 1.165) is 4.88 Å². The maximum Gasteiger partial charge on any atom is 0.363 e. The largest absolute Gasteiger partial charge is 0.402 e. The number of nitro benzene ring substituents is 1. The molecule has 1 aromatic heterocycles. The Balaban J connectivity index is 1.89. The topological polar surface area (TPSA) is 81.8 Å². The fourth-order valence-corrected chi connectivity index (χ4v) is 2.42. The second kappa shape index (κ2) is 5.29. The third-order valence-corrected chi connectivity index (χ3v) is 3.59. The number of hydrogen-bond acceptors (Lipinski definition) is 6. The summed E-state index contributed by atoms with van der Waals surface area (Å²) in [5.41, 5.74) is 0.701. The van der Waals surface area contributed by atoms with Crippen LogP contribution in [-0.2, 0) is 9.53 Å². The molecular formula is C14H8N2O4S. The second-order valence-electron chi connectivity index (χ2n) is 4.16. The molecule has 0 fully saturated rings. The first-order chi connectivity index (χ1) is 10.1. The summed E-state index contributed by atoms with van der Waals surface area (Å²) < 4.78 is 5.09. The van der Waals surface area contributed by atoms with E-state index in [0.29, 0.717) is 5.56 Å². The number of benzene rings is 1. The van der Waals surface area contributed by atoms with Crippen LogP contribution in [0, 0.1) is 10.1 Å². The number of aliphatic imine (C=N–C) groups is 1. The summed E-state index contributed by atoms with van der Waals surface area (Å²) in [5.74, 6) is -0.380. The van der Waals surface area contributed by atoms with Crippen molar-refractivity contribution in [1.29, 1.82) is 0 Å². The van der Waals surface area contributed by atoms with E-state index in [9.17, 15) is 14.9 Å². The first kappa shape index (κ1) is 13.2. The number of rotatable bonds is 3. The molecule has 1 aliphatic rings. The summed E-state index contributed by atoms with van der Waals surface area (Å²) in [6, 6.07) is 9.42. The Morgan fingerprint density at radius 2 is 2.00 bits per heavy atom. The monoisotopic (exact) mass is 300 g/mol. The molecule has 0 aliphatic carbocycles. The zero-order valence-electron chi connectivity index (χ0n) is 10.6. The Hall–Kier alpha value is -2.80. The van der Waals surface area contributed by atoms with Crippen LogP contribution in [0.25, 0.3) is 6.08 Å². The third kappa shape index (κ3) is 2.72. The Kier molecular flexibility index (Phi) is 3.33. The molecule has 0 saturated carbocycles. The average Bonchev–Trinajstić information content (AvgIpc) is 3.10. The first-order valence-corrected chi connectivity index (χ1v) is 6.82. The minimum absolute atomic E-state index is 0.0296. The van der Waals surface area contributed by atoms with Crippen LogP contribution in [0.5, 0.6) is 0 Å². The first-order valence-electron chi connectivity index (χ1n) is 5.94. The highest BCUT2D eigenvalue weighted by atomic mass is 32.1. The van der Waals surface area contributed by atoms with Gasteiger partial charge in [-0.1, -0.05) is 6.07 Å². The van der Waals surface area contributed by atoms with Gasteiger partial charge in [0.15, 0.2) is 5.70 Å². The quantitative estimate of drug-likeness (QED) is 0.377. The molecule has 6 nitrogen and oxygen atoms in total. The number of carbonyl (C=O) groups excluding carboxylic acids is 1. The molecule has 104 valence electrons. The van der Waals surface area contributed by atoms with Crippen LogP contribution in [0.1, 0.15) is 10.4 Å². The van der Waals surface area contributed by atoms with Crippen LogP contribution in [0.4, 0.5) is 5.69 Å². The van der Waals surface area contributed by atoms with Crippen molar-refractivity contribution in [1.82, 2.24) is 0 Å². The van der Waals surface area contributed by atoms with Gasteiger partial charge >= 0.3 is 5.97 Å². The van der Waals surface area contributed by atoms with E-state index < -0.39 is 10.9 Å². The molecule has 0 amide bonds. The summed E-state index contributed by atoms with van der Waals surface area (Å²) in [7, 11) is 0. The number of non-ortho nitro benzene ring substituents is 1. The van der Waals surface area contributed by atoms with E-state index in [1.807, 2.05) is 17.5 Å². The fraction of sp³-hybridized carbons (Fsp3) is 0. The van der Waals surface area contributed by atoms with Crippen molar-refractivity contribution in [3.8, 4) is 0 Å². The van der Waals surface area contributed by atoms with Crippen molar-refractivity contribution in [2.24, 2.45) is 4.99 Å². The van der Waals surface area contributed by atoms with Crippen molar-refractivity contribution in [2.75, 3.05) is 0 Å². The van der Waals surface area contributed by atoms with E-state index >= 15 is 0 Å². The zero-order chi connectivity index (χ0) is 14.8. The Morgan fingerprint density at radius 3 is 2.62 bits per heavy atom. The fourth-order valence-electron chi connectivity index (χ4n) is 1.77. The molecule has 0 radical (unpaired) electrons. The van der Waals surface area contributed by atoms with Gasteiger partial charge in [0.05, 0.1) is 4.92 Å². The van der Waals surface area contributed by atoms with Crippen LogP contribution in [0.3, 0.4) is 0 Å². The van der Waals surface area contributed by atoms with Crippen molar-refractivity contribution in [3.05, 3.63) is 68.0 Å². The molecule has 0 bridgehead atoms. The Bertz CT molecular complexity index is 761. The second-order valence-corrected chi connectivity index (χ2v) is 5.13. The SMILES string of the molecule is O=C1OC(c2ccc([N+](=O)[O-])cc2)=N/C1=C\c1cccs1. The normalized spacial score (nSPS) is 15.9. The molecule has 2 aromatic rings. The lowest BCUT2D eigenvalue weighted by molar-refractivity contribution is -0.384. The molecule has 1 aromatic carbocycles. The van der Waals surface area contributed by atoms with Crippen LogP contribution in [-0.4, -0.2) is 16.8 Å². The van der Waals surface area contributed by atoms with Gasteiger partial charge in [0.25, 0.3) is 5.69 Å². The van der Waals surface area contributed by atoms with Gasteiger partial charge in [-0.2, -0.15) is 0 Å². The van der Waals surface area contributed by atoms with Gasteiger partial charge in [0.2, 0.25) is 5.90 Å². The van der Waals surface area contributed by atoms with Crippen LogP contribution < -0.4 is 0 Å². The number of thiophene rings is 1. The predicted octanol–water partition coefficient (Wildman–Crippen LogP) is 3.00. The van der Waals surface area contributed by atoms with E-state index in [1.54, 1.807) is 6.08 Å². The van der Waals surface area contributed by atoms with Crippen molar-refractivity contribution < 1.29 is 14.5 Å². The minimum Gasteiger partial charge on any atom is -0.402 e. The standard InChI is InChI=1S/C14H8N2O4S/c17-14-12(8-11-2-1-7-21-11)15-13(20-14)9-3-5-10(6-4-9)16(18)19/h1-8H/b12-8-. The highest BCUT2D eigenvalue weighted by Gasteiger charge is 2.24. The van der Waals surface area contributed by atoms with Crippen LogP contribution in [0.2, 0.25) is 0 Å². The van der Waals surface area contributed by atoms with Gasteiger partial charge in [0, 0.05) is 22.6 Å². The summed E-state index contributed by atoms with van der Waals surface area (Å²) in [6.45, 7) is 0.